The maximum absolute atomic E-state index is 13.6. The summed E-state index contributed by atoms with van der Waals surface area (Å²) < 4.78 is 127. The van der Waals surface area contributed by atoms with Crippen LogP contribution in [0.25, 0.3) is 0 Å². The van der Waals surface area contributed by atoms with Crippen LogP contribution in [0.15, 0.2) is 122 Å². The molecular weight excluding hydrogens is 1100 g/mol. The van der Waals surface area contributed by atoms with Crippen LogP contribution in [0, 0.1) is 46.5 Å². The molecule has 0 bridgehead atoms. The van der Waals surface area contributed by atoms with Crippen molar-refractivity contribution in [3.8, 4) is 23.3 Å². The van der Waals surface area contributed by atoms with E-state index in [0.29, 0.717) is 37.9 Å². The van der Waals surface area contributed by atoms with E-state index >= 15 is 0 Å². The summed E-state index contributed by atoms with van der Waals surface area (Å²) in [4.78, 5) is 41.0. The van der Waals surface area contributed by atoms with Gasteiger partial charge in [0, 0.05) is 115 Å². The van der Waals surface area contributed by atoms with E-state index in [-0.39, 0.29) is 50.6 Å². The Bertz CT molecular complexity index is 3180. The van der Waals surface area contributed by atoms with Gasteiger partial charge in [-0.25, -0.2) is 37.5 Å². The number of nitrogens with zero attached hydrogens (tertiary/aromatic N) is 12. The first-order valence-electron chi connectivity index (χ1n) is 24.6. The third-order valence-corrected chi connectivity index (χ3v) is 10.6. The van der Waals surface area contributed by atoms with E-state index in [1.807, 2.05) is 101 Å². The Morgan fingerprint density at radius 2 is 0.783 bits per heavy atom. The summed E-state index contributed by atoms with van der Waals surface area (Å²) in [6.07, 6.45) is 6.12. The minimum Gasteiger partial charge on any atom is -0.432 e. The zero-order valence-electron chi connectivity index (χ0n) is 44.7. The molecule has 0 aliphatic carbocycles. The Kier molecular flexibility index (Phi) is 26.9. The van der Waals surface area contributed by atoms with Crippen molar-refractivity contribution in [1.82, 2.24) is 45.2 Å². The Hall–Kier alpha value is -9.08. The first kappa shape index (κ1) is 66.4. The van der Waals surface area contributed by atoms with Crippen LogP contribution >= 0.6 is 0 Å². The number of aromatic nitrogens is 8. The van der Waals surface area contributed by atoms with Crippen LogP contribution in [0.2, 0.25) is 0 Å². The van der Waals surface area contributed by atoms with Gasteiger partial charge in [0.15, 0.2) is 23.3 Å². The minimum absolute atomic E-state index is 0. The summed E-state index contributed by atoms with van der Waals surface area (Å²) in [7, 11) is 11.6. The molecule has 19 nitrogen and oxygen atoms in total. The molecule has 10 rings (SSSR count). The van der Waals surface area contributed by atoms with Crippen LogP contribution in [0.5, 0.6) is 23.3 Å². The van der Waals surface area contributed by atoms with E-state index in [4.69, 9.17) is 18.9 Å². The number of halogens is 8. The number of nitrogens with one attached hydrogen (secondary N) is 3. The molecular formula is C56H65F8N15O4. The van der Waals surface area contributed by atoms with Crippen molar-refractivity contribution in [2.24, 2.45) is 0 Å². The monoisotopic (exact) mass is 1160 g/mol. The van der Waals surface area contributed by atoms with Crippen LogP contribution in [0.4, 0.5) is 81.9 Å². The van der Waals surface area contributed by atoms with Crippen molar-refractivity contribution >= 4 is 46.8 Å². The molecule has 6 heterocycles. The van der Waals surface area contributed by atoms with Gasteiger partial charge in [0.05, 0.1) is 26.4 Å². The smallest absolute Gasteiger partial charge is 0.230 e. The average Bonchev–Trinajstić information content (AvgIpc) is 3.63. The third kappa shape index (κ3) is 20.1. The lowest BCUT2D eigenvalue weighted by Crippen LogP contribution is -2.37. The number of para-hydroxylation sites is 2. The first-order valence-corrected chi connectivity index (χ1v) is 24.6. The average molecular weight is 1160 g/mol. The van der Waals surface area contributed by atoms with Crippen molar-refractivity contribution in [3.63, 3.8) is 0 Å². The number of morpholine rings is 2. The van der Waals surface area contributed by atoms with E-state index in [9.17, 15) is 35.1 Å². The Morgan fingerprint density at radius 3 is 1.19 bits per heavy atom. The first-order chi connectivity index (χ1) is 39.0. The lowest BCUT2D eigenvalue weighted by atomic mass is 10.3. The molecule has 2 saturated heterocycles. The van der Waals surface area contributed by atoms with E-state index in [1.54, 1.807) is 41.6 Å². The van der Waals surface area contributed by atoms with Gasteiger partial charge in [-0.15, -0.1) is 0 Å². The normalized spacial score (nSPS) is 12.3. The van der Waals surface area contributed by atoms with E-state index in [1.165, 1.54) is 24.5 Å². The molecule has 0 spiro atoms. The topological polar surface area (TPSA) is 189 Å². The Morgan fingerprint density at radius 1 is 0.446 bits per heavy atom. The summed E-state index contributed by atoms with van der Waals surface area (Å²) in [6.45, 7) is 5.33. The predicted octanol–water partition coefficient (Wildman–Crippen LogP) is 11.0. The lowest BCUT2D eigenvalue weighted by Gasteiger charge is -2.27. The number of hydrogen-bond donors (Lipinski definition) is 3. The second-order valence-corrected chi connectivity index (χ2v) is 17.1. The summed E-state index contributed by atoms with van der Waals surface area (Å²) in [5, 5.41) is 8.74. The van der Waals surface area contributed by atoms with Crippen LogP contribution < -0.4 is 45.0 Å². The fourth-order valence-corrected chi connectivity index (χ4v) is 6.72. The van der Waals surface area contributed by atoms with Crippen molar-refractivity contribution in [1.29, 1.82) is 0 Å². The molecule has 2 fully saturated rings. The van der Waals surface area contributed by atoms with Gasteiger partial charge in [-0.2, -0.15) is 37.5 Å². The minimum atomic E-state index is -1.65. The van der Waals surface area contributed by atoms with Gasteiger partial charge >= 0.3 is 0 Å². The van der Waals surface area contributed by atoms with E-state index < -0.39 is 58.0 Å². The molecule has 444 valence electrons. The zero-order valence-corrected chi connectivity index (χ0v) is 44.7. The number of hydrogen-bond acceptors (Lipinski definition) is 19. The van der Waals surface area contributed by atoms with Crippen LogP contribution in [0.3, 0.4) is 0 Å². The standard InChI is InChI=1S/C16H9F4N3O.C14H11F4N3O2.C12H14N4.C10H16N4O.C2H7N.2CH4/c17-10-8-11(18)14(20)15(13(10)19)24-12-6-7-21-16(23-12)22-9-4-2-1-3-5-9;15-8-7-9(16)12(18)13(11(8)17)23-10-1-2-19-14(20-10)21-3-5-22-6-4-21;1-16(2)11-8-9-13-12(15-11)14-10-6-4-3-5-7-10;1-13(2)9-3-4-11-10(12-9)14-5-7-15-8-6-14;1-3-2;;/h1-8H,(H,21,22,23);1-2,7H,3-6H2;3-9H,1-2H3,(H,13,14,15);3-4H,5-8H2,1-2H3;3H,1-2H3;2*1H4. The van der Waals surface area contributed by atoms with Crippen molar-refractivity contribution < 1.29 is 54.1 Å². The van der Waals surface area contributed by atoms with Crippen LogP contribution in [-0.4, -0.2) is 135 Å². The third-order valence-electron chi connectivity index (χ3n) is 10.6. The van der Waals surface area contributed by atoms with Gasteiger partial charge in [0.2, 0.25) is 70.3 Å². The van der Waals surface area contributed by atoms with Crippen molar-refractivity contribution in [2.75, 3.05) is 125 Å². The maximum atomic E-state index is 13.6. The Labute approximate surface area is 476 Å². The van der Waals surface area contributed by atoms with Crippen molar-refractivity contribution in [2.45, 2.75) is 14.9 Å². The van der Waals surface area contributed by atoms with Gasteiger partial charge in [-0.3, -0.25) is 0 Å². The molecule has 2 aliphatic heterocycles. The van der Waals surface area contributed by atoms with Gasteiger partial charge in [0.1, 0.15) is 11.6 Å². The second kappa shape index (κ2) is 33.6. The molecule has 0 atom stereocenters. The molecule has 2 aliphatic rings. The largest absolute Gasteiger partial charge is 0.432 e. The molecule has 0 radical (unpaired) electrons. The fraction of sp³-hybridized carbons (Fsp3) is 0.286. The van der Waals surface area contributed by atoms with E-state index in [0.717, 1.165) is 49.6 Å². The maximum Gasteiger partial charge on any atom is 0.230 e. The number of benzene rings is 4. The van der Waals surface area contributed by atoms with Gasteiger partial charge < -0.3 is 54.5 Å². The van der Waals surface area contributed by atoms with Crippen molar-refractivity contribution in [3.05, 3.63) is 168 Å². The summed E-state index contributed by atoms with van der Waals surface area (Å²) in [6, 6.07) is 25.1. The molecule has 4 aromatic heterocycles. The summed E-state index contributed by atoms with van der Waals surface area (Å²) >= 11 is 0. The van der Waals surface area contributed by atoms with Crippen LogP contribution in [-0.2, 0) is 9.47 Å². The highest BCUT2D eigenvalue weighted by Crippen LogP contribution is 2.32. The second-order valence-electron chi connectivity index (χ2n) is 17.1. The number of rotatable bonds is 12. The molecule has 8 aromatic rings. The van der Waals surface area contributed by atoms with Gasteiger partial charge in [0.25, 0.3) is 0 Å². The molecule has 0 amide bonds. The quantitative estimate of drug-likeness (QED) is 0.0773. The number of ether oxygens (including phenoxy) is 4. The molecule has 4 aromatic carbocycles. The molecule has 0 unspecified atom stereocenters. The molecule has 27 heteroatoms. The Balaban J connectivity index is 0.000000236. The van der Waals surface area contributed by atoms with Gasteiger partial charge in [-0.05, 0) is 50.5 Å². The number of anilines is 8. The highest BCUT2D eigenvalue weighted by Gasteiger charge is 2.24. The zero-order chi connectivity index (χ0) is 58.3. The highest BCUT2D eigenvalue weighted by atomic mass is 19.2. The summed E-state index contributed by atoms with van der Waals surface area (Å²) in [5.41, 5.74) is 1.65. The van der Waals surface area contributed by atoms with Crippen LogP contribution in [0.1, 0.15) is 14.9 Å². The lowest BCUT2D eigenvalue weighted by molar-refractivity contribution is 0.122. The predicted molar refractivity (Wildman–Crippen MR) is 303 cm³/mol. The highest BCUT2D eigenvalue weighted by molar-refractivity contribution is 5.55. The van der Waals surface area contributed by atoms with E-state index in [2.05, 4.69) is 60.7 Å². The molecule has 3 N–H and O–H groups in total. The molecule has 83 heavy (non-hydrogen) atoms. The SMILES string of the molecule is C.C.CN(C)c1ccnc(N2CCOCC2)n1.CN(C)c1ccnc(Nc2ccccc2)n1.CNC.Fc1cc(F)c(F)c(Oc2ccnc(N3CCOCC3)n2)c1F.Fc1cc(F)c(F)c(Oc2ccnc(Nc3ccccc3)n2)c1F. The fourth-order valence-electron chi connectivity index (χ4n) is 6.72. The van der Waals surface area contributed by atoms with Gasteiger partial charge in [-0.1, -0.05) is 51.3 Å². The summed E-state index contributed by atoms with van der Waals surface area (Å²) in [5.74, 6) is -12.1. The molecule has 0 saturated carbocycles.